The summed E-state index contributed by atoms with van der Waals surface area (Å²) in [5.41, 5.74) is -0.348. The Morgan fingerprint density at radius 1 is 1.22 bits per heavy atom. The number of sulfonamides is 1. The van der Waals surface area contributed by atoms with E-state index in [1.54, 1.807) is 0 Å². The molecule has 0 atom stereocenters. The van der Waals surface area contributed by atoms with Gasteiger partial charge in [-0.2, -0.15) is 8.42 Å². The van der Waals surface area contributed by atoms with Gasteiger partial charge in [0, 0.05) is 0 Å². The second-order valence-electron chi connectivity index (χ2n) is 3.12. The molecule has 0 spiro atoms. The van der Waals surface area contributed by atoms with Crippen molar-refractivity contribution in [2.24, 2.45) is 0 Å². The van der Waals surface area contributed by atoms with Crippen LogP contribution in [0.4, 0.5) is 10.1 Å². The molecule has 0 bridgehead atoms. The number of nitrogens with zero attached hydrogens (tertiary/aromatic N) is 3. The first kappa shape index (κ1) is 12.7. The van der Waals surface area contributed by atoms with E-state index in [-0.39, 0.29) is 10.7 Å². The first-order chi connectivity index (χ1) is 8.50. The summed E-state index contributed by atoms with van der Waals surface area (Å²) in [6.45, 7) is 0. The standard InChI is InChI=1S/C9H6ClFN4O2S/c10-6-2-1-3-7(11)8(6)15-18(16,17)9-13-4-12-5-14-9/h1-5,15H. The third-order valence-electron chi connectivity index (χ3n) is 1.91. The minimum Gasteiger partial charge on any atom is -0.273 e. The van der Waals surface area contributed by atoms with E-state index in [4.69, 9.17) is 11.6 Å². The van der Waals surface area contributed by atoms with E-state index in [9.17, 15) is 12.8 Å². The summed E-state index contributed by atoms with van der Waals surface area (Å²) in [4.78, 5) is 10.4. The van der Waals surface area contributed by atoms with E-state index in [0.717, 1.165) is 18.7 Å². The molecule has 18 heavy (non-hydrogen) atoms. The van der Waals surface area contributed by atoms with Crippen molar-refractivity contribution in [1.82, 2.24) is 15.0 Å². The van der Waals surface area contributed by atoms with Crippen LogP contribution in [0.2, 0.25) is 5.02 Å². The average molecular weight is 289 g/mol. The van der Waals surface area contributed by atoms with E-state index in [1.807, 2.05) is 4.72 Å². The van der Waals surface area contributed by atoms with Gasteiger partial charge < -0.3 is 0 Å². The van der Waals surface area contributed by atoms with E-state index >= 15 is 0 Å². The van der Waals surface area contributed by atoms with Crippen molar-refractivity contribution in [3.63, 3.8) is 0 Å². The second-order valence-corrected chi connectivity index (χ2v) is 5.11. The Morgan fingerprint density at radius 3 is 2.50 bits per heavy atom. The van der Waals surface area contributed by atoms with Gasteiger partial charge in [0.25, 0.3) is 15.2 Å². The lowest BCUT2D eigenvalue weighted by molar-refractivity contribution is 0.589. The molecular weight excluding hydrogens is 283 g/mol. The van der Waals surface area contributed by atoms with Crippen LogP contribution in [0.25, 0.3) is 0 Å². The van der Waals surface area contributed by atoms with Crippen LogP contribution < -0.4 is 4.72 Å². The molecule has 0 aliphatic rings. The van der Waals surface area contributed by atoms with Crippen molar-refractivity contribution >= 4 is 27.3 Å². The number of hydrogen-bond acceptors (Lipinski definition) is 5. The predicted molar refractivity (Wildman–Crippen MR) is 62.0 cm³/mol. The van der Waals surface area contributed by atoms with E-state index in [1.165, 1.54) is 12.1 Å². The molecule has 0 aliphatic carbocycles. The number of para-hydroxylation sites is 1. The fourth-order valence-electron chi connectivity index (χ4n) is 1.14. The predicted octanol–water partition coefficient (Wildman–Crippen LogP) is 1.46. The largest absolute Gasteiger partial charge is 0.297 e. The van der Waals surface area contributed by atoms with Crippen LogP contribution in [0.1, 0.15) is 0 Å². The van der Waals surface area contributed by atoms with Crippen LogP contribution in [0, 0.1) is 5.82 Å². The van der Waals surface area contributed by atoms with Gasteiger partial charge in [0.1, 0.15) is 24.2 Å². The number of halogens is 2. The van der Waals surface area contributed by atoms with Crippen molar-refractivity contribution in [3.8, 4) is 0 Å². The van der Waals surface area contributed by atoms with Crippen LogP contribution in [0.3, 0.4) is 0 Å². The second kappa shape index (κ2) is 4.83. The fraction of sp³-hybridized carbons (Fsp3) is 0. The van der Waals surface area contributed by atoms with Crippen LogP contribution in [0.15, 0.2) is 36.0 Å². The molecule has 94 valence electrons. The molecule has 2 aromatic rings. The minimum absolute atomic E-state index is 0.0624. The lowest BCUT2D eigenvalue weighted by Gasteiger charge is -2.08. The zero-order valence-electron chi connectivity index (χ0n) is 8.71. The maximum absolute atomic E-state index is 13.4. The summed E-state index contributed by atoms with van der Waals surface area (Å²) in [7, 11) is -4.10. The van der Waals surface area contributed by atoms with Gasteiger partial charge in [-0.1, -0.05) is 17.7 Å². The number of rotatable bonds is 3. The molecule has 0 saturated carbocycles. The zero-order chi connectivity index (χ0) is 13.2. The molecule has 2 rings (SSSR count). The van der Waals surface area contributed by atoms with E-state index < -0.39 is 21.0 Å². The monoisotopic (exact) mass is 288 g/mol. The number of hydrogen-bond donors (Lipinski definition) is 1. The Balaban J connectivity index is 2.41. The van der Waals surface area contributed by atoms with Crippen LogP contribution in [-0.4, -0.2) is 23.4 Å². The molecule has 0 radical (unpaired) electrons. The van der Waals surface area contributed by atoms with Crippen LogP contribution >= 0.6 is 11.6 Å². The number of nitrogens with one attached hydrogen (secondary N) is 1. The summed E-state index contributed by atoms with van der Waals surface area (Å²) in [6, 6.07) is 3.80. The molecule has 0 fully saturated rings. The van der Waals surface area contributed by atoms with Crippen molar-refractivity contribution in [1.29, 1.82) is 0 Å². The summed E-state index contributed by atoms with van der Waals surface area (Å²) in [5.74, 6) is -0.792. The highest BCUT2D eigenvalue weighted by Crippen LogP contribution is 2.26. The van der Waals surface area contributed by atoms with Gasteiger partial charge in [-0.15, -0.1) is 0 Å². The van der Waals surface area contributed by atoms with E-state index in [0.29, 0.717) is 0 Å². The molecule has 0 aliphatic heterocycles. The van der Waals surface area contributed by atoms with Gasteiger partial charge in [-0.3, -0.25) is 4.72 Å². The lowest BCUT2D eigenvalue weighted by atomic mass is 10.3. The summed E-state index contributed by atoms with van der Waals surface area (Å²) in [6.07, 6.45) is 2.04. The van der Waals surface area contributed by atoms with Crippen molar-refractivity contribution in [2.45, 2.75) is 5.16 Å². The minimum atomic E-state index is -4.10. The van der Waals surface area contributed by atoms with Crippen molar-refractivity contribution in [3.05, 3.63) is 41.7 Å². The smallest absolute Gasteiger partial charge is 0.273 e. The van der Waals surface area contributed by atoms with Crippen LogP contribution in [0.5, 0.6) is 0 Å². The van der Waals surface area contributed by atoms with Crippen molar-refractivity contribution < 1.29 is 12.8 Å². The lowest BCUT2D eigenvalue weighted by Crippen LogP contribution is -2.17. The molecule has 0 saturated heterocycles. The van der Waals surface area contributed by atoms with Gasteiger partial charge in [0.15, 0.2) is 0 Å². The highest BCUT2D eigenvalue weighted by molar-refractivity contribution is 7.92. The summed E-state index contributed by atoms with van der Waals surface area (Å²) < 4.78 is 39.0. The molecule has 1 N–H and O–H groups in total. The normalized spacial score (nSPS) is 11.2. The zero-order valence-corrected chi connectivity index (χ0v) is 10.3. The molecule has 1 aromatic carbocycles. The Bertz CT molecular complexity index is 645. The fourth-order valence-corrected chi connectivity index (χ4v) is 2.35. The highest BCUT2D eigenvalue weighted by atomic mass is 35.5. The third-order valence-corrected chi connectivity index (χ3v) is 3.39. The molecule has 6 nitrogen and oxygen atoms in total. The Kier molecular flexibility index (Phi) is 3.39. The Hall–Kier alpha value is -1.80. The Morgan fingerprint density at radius 2 is 1.89 bits per heavy atom. The van der Waals surface area contributed by atoms with Gasteiger partial charge in [-0.05, 0) is 12.1 Å². The molecule has 9 heteroatoms. The van der Waals surface area contributed by atoms with Gasteiger partial charge in [0.05, 0.1) is 5.02 Å². The topological polar surface area (TPSA) is 84.8 Å². The number of aromatic nitrogens is 3. The van der Waals surface area contributed by atoms with Gasteiger partial charge >= 0.3 is 0 Å². The molecule has 0 amide bonds. The van der Waals surface area contributed by atoms with E-state index in [2.05, 4.69) is 15.0 Å². The first-order valence-electron chi connectivity index (χ1n) is 4.59. The van der Waals surface area contributed by atoms with Crippen LogP contribution in [-0.2, 0) is 10.0 Å². The molecular formula is C9H6ClFN4O2S. The average Bonchev–Trinajstić information content (AvgIpc) is 2.35. The summed E-state index contributed by atoms with van der Waals surface area (Å²) >= 11 is 5.70. The molecule has 1 heterocycles. The molecule has 1 aromatic heterocycles. The van der Waals surface area contributed by atoms with Gasteiger partial charge in [-0.25, -0.2) is 19.3 Å². The maximum atomic E-state index is 13.4. The molecule has 0 unspecified atom stereocenters. The SMILES string of the molecule is O=S(=O)(Nc1c(F)cccc1Cl)c1ncncn1. The van der Waals surface area contributed by atoms with Gasteiger partial charge in [0.2, 0.25) is 0 Å². The Labute approximate surface area is 107 Å². The maximum Gasteiger partial charge on any atom is 0.297 e. The highest BCUT2D eigenvalue weighted by Gasteiger charge is 2.20. The third kappa shape index (κ3) is 2.54. The number of anilines is 1. The number of benzene rings is 1. The first-order valence-corrected chi connectivity index (χ1v) is 6.45. The summed E-state index contributed by atoms with van der Waals surface area (Å²) in [5, 5.41) is -0.579. The van der Waals surface area contributed by atoms with Crippen molar-refractivity contribution in [2.75, 3.05) is 4.72 Å². The quantitative estimate of drug-likeness (QED) is 0.924.